The highest BCUT2D eigenvalue weighted by Crippen LogP contribution is 2.30. The van der Waals surface area contributed by atoms with Crippen LogP contribution >= 0.6 is 0 Å². The third kappa shape index (κ3) is 3.55. The highest BCUT2D eigenvalue weighted by atomic mass is 19.2. The Bertz CT molecular complexity index is 584. The van der Waals surface area contributed by atoms with Gasteiger partial charge < -0.3 is 16.2 Å². The molecule has 1 saturated carbocycles. The van der Waals surface area contributed by atoms with E-state index in [1.807, 2.05) is 0 Å². The van der Waals surface area contributed by atoms with E-state index in [0.717, 1.165) is 12.8 Å². The van der Waals surface area contributed by atoms with Crippen LogP contribution in [0, 0.1) is 11.6 Å². The second kappa shape index (κ2) is 5.77. The van der Waals surface area contributed by atoms with Gasteiger partial charge in [0.25, 0.3) is 0 Å². The third-order valence-corrected chi connectivity index (χ3v) is 3.68. The van der Waals surface area contributed by atoms with Crippen molar-refractivity contribution >= 4 is 17.6 Å². The minimum absolute atomic E-state index is 0.0189. The van der Waals surface area contributed by atoms with Gasteiger partial charge in [-0.25, -0.2) is 13.6 Å². The lowest BCUT2D eigenvalue weighted by atomic mass is 9.94. The summed E-state index contributed by atoms with van der Waals surface area (Å²) in [6.07, 6.45) is 3.32. The predicted molar refractivity (Wildman–Crippen MR) is 72.0 cm³/mol. The zero-order valence-corrected chi connectivity index (χ0v) is 11.3. The maximum absolute atomic E-state index is 13.2. The van der Waals surface area contributed by atoms with Gasteiger partial charge in [0.1, 0.15) is 0 Å². The summed E-state index contributed by atoms with van der Waals surface area (Å²) in [5, 5.41) is 11.3. The van der Waals surface area contributed by atoms with Crippen LogP contribution in [0.3, 0.4) is 0 Å². The van der Waals surface area contributed by atoms with Crippen molar-refractivity contribution < 1.29 is 23.5 Å². The van der Waals surface area contributed by atoms with Gasteiger partial charge in [-0.1, -0.05) is 12.8 Å². The molecule has 0 spiro atoms. The molecule has 2 rings (SSSR count). The van der Waals surface area contributed by atoms with Gasteiger partial charge in [0.05, 0.1) is 11.3 Å². The number of nitrogens with one attached hydrogen (secondary N) is 1. The maximum atomic E-state index is 13.2. The molecular formula is C14H16F2N2O3. The third-order valence-electron chi connectivity index (χ3n) is 3.68. The molecule has 0 aromatic heterocycles. The molecule has 4 N–H and O–H groups in total. The van der Waals surface area contributed by atoms with E-state index in [4.69, 9.17) is 10.8 Å². The van der Waals surface area contributed by atoms with Crippen molar-refractivity contribution in [1.82, 2.24) is 0 Å². The largest absolute Gasteiger partial charge is 0.478 e. The van der Waals surface area contributed by atoms with Crippen LogP contribution in [0.1, 0.15) is 42.5 Å². The molecule has 0 bridgehead atoms. The summed E-state index contributed by atoms with van der Waals surface area (Å²) in [5.41, 5.74) is 4.68. The molecular weight excluding hydrogens is 282 g/mol. The molecule has 0 aliphatic heterocycles. The van der Waals surface area contributed by atoms with Crippen LogP contribution in [0.25, 0.3) is 0 Å². The number of carbonyl (C=O) groups excluding carboxylic acids is 1. The molecule has 0 radical (unpaired) electrons. The lowest BCUT2D eigenvalue weighted by molar-refractivity contribution is -0.117. The van der Waals surface area contributed by atoms with Gasteiger partial charge in [-0.3, -0.25) is 4.79 Å². The normalized spacial score (nSPS) is 16.7. The average molecular weight is 298 g/mol. The van der Waals surface area contributed by atoms with Crippen molar-refractivity contribution in [2.45, 2.75) is 37.6 Å². The smallest absolute Gasteiger partial charge is 0.337 e. The van der Waals surface area contributed by atoms with Crippen LogP contribution in [-0.4, -0.2) is 22.5 Å². The van der Waals surface area contributed by atoms with Crippen LogP contribution in [0.5, 0.6) is 0 Å². The first kappa shape index (κ1) is 15.4. The van der Waals surface area contributed by atoms with E-state index in [2.05, 4.69) is 5.32 Å². The van der Waals surface area contributed by atoms with E-state index in [1.54, 1.807) is 0 Å². The van der Waals surface area contributed by atoms with Crippen LogP contribution in [0.4, 0.5) is 14.5 Å². The number of carbonyl (C=O) groups is 2. The van der Waals surface area contributed by atoms with Gasteiger partial charge in [0, 0.05) is 18.0 Å². The molecule has 1 aromatic rings. The van der Waals surface area contributed by atoms with Crippen molar-refractivity contribution in [2.75, 3.05) is 5.32 Å². The molecule has 1 aliphatic rings. The monoisotopic (exact) mass is 298 g/mol. The molecule has 0 atom stereocenters. The SMILES string of the molecule is NC1(CC(=O)Nc2cc(F)c(F)cc2C(=O)O)CCCC1. The summed E-state index contributed by atoms with van der Waals surface area (Å²) in [4.78, 5) is 23.0. The Labute approximate surface area is 120 Å². The Morgan fingerprint density at radius 2 is 1.81 bits per heavy atom. The van der Waals surface area contributed by atoms with E-state index >= 15 is 0 Å². The molecule has 7 heteroatoms. The number of nitrogens with two attached hydrogens (primary N) is 1. The second-order valence-electron chi connectivity index (χ2n) is 5.41. The van der Waals surface area contributed by atoms with E-state index in [0.29, 0.717) is 25.0 Å². The molecule has 1 fully saturated rings. The first-order valence-electron chi connectivity index (χ1n) is 6.62. The summed E-state index contributed by atoms with van der Waals surface area (Å²) < 4.78 is 26.3. The van der Waals surface area contributed by atoms with Gasteiger partial charge in [0.15, 0.2) is 11.6 Å². The molecule has 5 nitrogen and oxygen atoms in total. The number of amides is 1. The number of hydrogen-bond acceptors (Lipinski definition) is 3. The van der Waals surface area contributed by atoms with Crippen molar-refractivity contribution in [1.29, 1.82) is 0 Å². The number of rotatable bonds is 4. The molecule has 21 heavy (non-hydrogen) atoms. The van der Waals surface area contributed by atoms with E-state index in [-0.39, 0.29) is 12.1 Å². The first-order valence-corrected chi connectivity index (χ1v) is 6.62. The summed E-state index contributed by atoms with van der Waals surface area (Å²) in [6.45, 7) is 0. The van der Waals surface area contributed by atoms with Gasteiger partial charge >= 0.3 is 5.97 Å². The zero-order chi connectivity index (χ0) is 15.6. The molecule has 0 unspecified atom stereocenters. The number of carboxylic acids is 1. The van der Waals surface area contributed by atoms with Gasteiger partial charge in [-0.2, -0.15) is 0 Å². The Morgan fingerprint density at radius 3 is 2.38 bits per heavy atom. The number of hydrogen-bond donors (Lipinski definition) is 3. The lowest BCUT2D eigenvalue weighted by Crippen LogP contribution is -2.40. The fourth-order valence-corrected chi connectivity index (χ4v) is 2.60. The molecule has 1 amide bonds. The van der Waals surface area contributed by atoms with Gasteiger partial charge in [-0.05, 0) is 18.9 Å². The van der Waals surface area contributed by atoms with Crippen molar-refractivity contribution in [2.24, 2.45) is 5.73 Å². The first-order chi connectivity index (χ1) is 9.81. The minimum Gasteiger partial charge on any atom is -0.478 e. The Kier molecular flexibility index (Phi) is 4.22. The average Bonchev–Trinajstić information content (AvgIpc) is 2.79. The van der Waals surface area contributed by atoms with Crippen LogP contribution in [0.15, 0.2) is 12.1 Å². The molecule has 0 heterocycles. The summed E-state index contributed by atoms with van der Waals surface area (Å²) >= 11 is 0. The number of aromatic carboxylic acids is 1. The van der Waals surface area contributed by atoms with E-state index in [1.165, 1.54) is 0 Å². The fourth-order valence-electron chi connectivity index (χ4n) is 2.60. The predicted octanol–water partition coefficient (Wildman–Crippen LogP) is 2.26. The van der Waals surface area contributed by atoms with Crippen molar-refractivity contribution in [3.63, 3.8) is 0 Å². The lowest BCUT2D eigenvalue weighted by Gasteiger charge is -2.22. The Balaban J connectivity index is 2.16. The van der Waals surface area contributed by atoms with Gasteiger partial charge in [-0.15, -0.1) is 0 Å². The topological polar surface area (TPSA) is 92.4 Å². The van der Waals surface area contributed by atoms with Crippen LogP contribution in [0.2, 0.25) is 0 Å². The molecule has 1 aliphatic carbocycles. The highest BCUT2D eigenvalue weighted by Gasteiger charge is 2.32. The quantitative estimate of drug-likeness (QED) is 0.795. The molecule has 114 valence electrons. The minimum atomic E-state index is -1.45. The number of halogens is 2. The van der Waals surface area contributed by atoms with Crippen molar-refractivity contribution in [3.8, 4) is 0 Å². The number of benzene rings is 1. The number of carboxylic acid groups (broad SMARTS) is 1. The zero-order valence-electron chi connectivity index (χ0n) is 11.3. The van der Waals surface area contributed by atoms with Crippen LogP contribution < -0.4 is 11.1 Å². The summed E-state index contributed by atoms with van der Waals surface area (Å²) in [6, 6.07) is 1.20. The van der Waals surface area contributed by atoms with E-state index < -0.39 is 34.6 Å². The van der Waals surface area contributed by atoms with E-state index in [9.17, 15) is 18.4 Å². The number of anilines is 1. The summed E-state index contributed by atoms with van der Waals surface area (Å²) in [5.74, 6) is -4.46. The standard InChI is InChI=1S/C14H16F2N2O3/c15-9-5-8(13(20)21)11(6-10(9)16)18-12(19)7-14(17)3-1-2-4-14/h5-6H,1-4,7,17H2,(H,18,19)(H,20,21). The summed E-state index contributed by atoms with van der Waals surface area (Å²) in [7, 11) is 0. The van der Waals surface area contributed by atoms with Crippen molar-refractivity contribution in [3.05, 3.63) is 29.3 Å². The molecule has 1 aromatic carbocycles. The maximum Gasteiger partial charge on any atom is 0.337 e. The highest BCUT2D eigenvalue weighted by molar-refractivity contribution is 6.00. The van der Waals surface area contributed by atoms with Crippen LogP contribution in [-0.2, 0) is 4.79 Å². The van der Waals surface area contributed by atoms with Gasteiger partial charge in [0.2, 0.25) is 5.91 Å². The Morgan fingerprint density at radius 1 is 1.24 bits per heavy atom. The fraction of sp³-hybridized carbons (Fsp3) is 0.429. The Hall–Kier alpha value is -2.02. The molecule has 0 saturated heterocycles. The second-order valence-corrected chi connectivity index (χ2v) is 5.41.